The van der Waals surface area contributed by atoms with E-state index in [1.807, 2.05) is 0 Å². The summed E-state index contributed by atoms with van der Waals surface area (Å²) in [5.74, 6) is -2.22. The number of nitrogens with zero attached hydrogens (tertiary/aromatic N) is 1. The molecule has 0 atom stereocenters. The minimum absolute atomic E-state index is 0.00525. The Kier molecular flexibility index (Phi) is 6.45. The Hall–Kier alpha value is -3.20. The van der Waals surface area contributed by atoms with Crippen LogP contribution in [0.2, 0.25) is 5.02 Å². The van der Waals surface area contributed by atoms with E-state index in [2.05, 4.69) is 5.32 Å². The normalized spacial score (nSPS) is 10.1. The predicted octanol–water partition coefficient (Wildman–Crippen LogP) is 2.95. The second-order valence-corrected chi connectivity index (χ2v) is 5.31. The number of amides is 1. The number of carbonyl (C=O) groups excluding carboxylic acids is 2. The first-order valence-corrected chi connectivity index (χ1v) is 7.51. The number of nitro groups is 1. The molecule has 0 bridgehead atoms. The molecular formula is C16H12ClFN2O6. The Morgan fingerprint density at radius 3 is 2.65 bits per heavy atom. The average molecular weight is 383 g/mol. The van der Waals surface area contributed by atoms with Gasteiger partial charge in [0, 0.05) is 16.8 Å². The SMILES string of the molecule is O=C(COC(=O)COc1cccc(Cl)c1)Nc1ccc(F)c([N+](=O)[O-])c1. The Morgan fingerprint density at radius 1 is 1.19 bits per heavy atom. The fourth-order valence-electron chi connectivity index (χ4n) is 1.81. The van der Waals surface area contributed by atoms with Gasteiger partial charge in [0.25, 0.3) is 5.91 Å². The van der Waals surface area contributed by atoms with Crippen molar-refractivity contribution in [2.75, 3.05) is 18.5 Å². The summed E-state index contributed by atoms with van der Waals surface area (Å²) in [7, 11) is 0. The van der Waals surface area contributed by atoms with Gasteiger partial charge in [0.15, 0.2) is 13.2 Å². The molecule has 0 aliphatic heterocycles. The number of hydrogen-bond donors (Lipinski definition) is 1. The van der Waals surface area contributed by atoms with Crippen LogP contribution in [0.15, 0.2) is 42.5 Å². The molecule has 0 aliphatic carbocycles. The fraction of sp³-hybridized carbons (Fsp3) is 0.125. The van der Waals surface area contributed by atoms with Crippen LogP contribution in [0.3, 0.4) is 0 Å². The van der Waals surface area contributed by atoms with Crippen molar-refractivity contribution in [3.63, 3.8) is 0 Å². The van der Waals surface area contributed by atoms with E-state index < -0.39 is 41.5 Å². The van der Waals surface area contributed by atoms with Crippen molar-refractivity contribution in [3.8, 4) is 5.75 Å². The van der Waals surface area contributed by atoms with E-state index in [4.69, 9.17) is 21.1 Å². The third kappa shape index (κ3) is 5.71. The van der Waals surface area contributed by atoms with Gasteiger partial charge in [0.05, 0.1) is 4.92 Å². The Morgan fingerprint density at radius 2 is 1.96 bits per heavy atom. The van der Waals surface area contributed by atoms with Crippen LogP contribution in [-0.2, 0) is 14.3 Å². The standard InChI is InChI=1S/C16H12ClFN2O6/c17-10-2-1-3-12(6-10)25-9-16(22)26-8-15(21)19-11-4-5-13(18)14(7-11)20(23)24/h1-7H,8-9H2,(H,19,21). The summed E-state index contributed by atoms with van der Waals surface area (Å²) in [4.78, 5) is 33.0. The molecule has 1 amide bonds. The van der Waals surface area contributed by atoms with Gasteiger partial charge in [0.1, 0.15) is 5.75 Å². The number of halogens is 2. The first-order valence-electron chi connectivity index (χ1n) is 7.13. The van der Waals surface area contributed by atoms with E-state index in [9.17, 15) is 24.1 Å². The van der Waals surface area contributed by atoms with Gasteiger partial charge >= 0.3 is 11.7 Å². The van der Waals surface area contributed by atoms with E-state index in [-0.39, 0.29) is 5.69 Å². The third-order valence-corrected chi connectivity index (χ3v) is 3.18. The quantitative estimate of drug-likeness (QED) is 0.448. The van der Waals surface area contributed by atoms with Crippen molar-refractivity contribution in [1.82, 2.24) is 0 Å². The molecule has 0 radical (unpaired) electrons. The van der Waals surface area contributed by atoms with Crippen LogP contribution in [0.4, 0.5) is 15.8 Å². The predicted molar refractivity (Wildman–Crippen MR) is 89.6 cm³/mol. The highest BCUT2D eigenvalue weighted by atomic mass is 35.5. The van der Waals surface area contributed by atoms with E-state index in [0.29, 0.717) is 10.8 Å². The lowest BCUT2D eigenvalue weighted by molar-refractivity contribution is -0.387. The summed E-state index contributed by atoms with van der Waals surface area (Å²) in [5, 5.41) is 13.3. The van der Waals surface area contributed by atoms with Crippen LogP contribution in [0.1, 0.15) is 0 Å². The summed E-state index contributed by atoms with van der Waals surface area (Å²) < 4.78 is 23.1. The Balaban J connectivity index is 1.80. The second kappa shape index (κ2) is 8.77. The van der Waals surface area contributed by atoms with Gasteiger partial charge in [-0.25, -0.2) is 4.79 Å². The fourth-order valence-corrected chi connectivity index (χ4v) is 1.99. The average Bonchev–Trinajstić information content (AvgIpc) is 2.59. The molecule has 2 aromatic rings. The maximum absolute atomic E-state index is 13.2. The summed E-state index contributed by atoms with van der Waals surface area (Å²) in [6, 6.07) is 9.21. The summed E-state index contributed by atoms with van der Waals surface area (Å²) in [5.41, 5.74) is -0.788. The zero-order chi connectivity index (χ0) is 19.1. The highest BCUT2D eigenvalue weighted by molar-refractivity contribution is 6.30. The summed E-state index contributed by atoms with van der Waals surface area (Å²) in [6.07, 6.45) is 0. The molecule has 1 N–H and O–H groups in total. The first-order chi connectivity index (χ1) is 12.3. The Bertz CT molecular complexity index is 845. The van der Waals surface area contributed by atoms with Gasteiger partial charge in [-0.15, -0.1) is 0 Å². The molecule has 2 rings (SSSR count). The number of esters is 1. The molecule has 0 heterocycles. The molecule has 0 saturated heterocycles. The van der Waals surface area contributed by atoms with Crippen molar-refractivity contribution in [1.29, 1.82) is 0 Å². The first kappa shape index (κ1) is 19.1. The smallest absolute Gasteiger partial charge is 0.344 e. The summed E-state index contributed by atoms with van der Waals surface area (Å²) >= 11 is 5.77. The Labute approximate surface area is 151 Å². The number of nitrogens with one attached hydrogen (secondary N) is 1. The minimum atomic E-state index is -1.03. The molecule has 2 aromatic carbocycles. The van der Waals surface area contributed by atoms with Crippen LogP contribution in [0.5, 0.6) is 5.75 Å². The highest BCUT2D eigenvalue weighted by Crippen LogP contribution is 2.21. The minimum Gasteiger partial charge on any atom is -0.482 e. The lowest BCUT2D eigenvalue weighted by atomic mass is 10.2. The highest BCUT2D eigenvalue weighted by Gasteiger charge is 2.16. The summed E-state index contributed by atoms with van der Waals surface area (Å²) in [6.45, 7) is -1.07. The second-order valence-electron chi connectivity index (χ2n) is 4.88. The molecule has 0 aromatic heterocycles. The molecule has 10 heteroatoms. The van der Waals surface area contributed by atoms with Gasteiger partial charge in [-0.1, -0.05) is 17.7 Å². The third-order valence-electron chi connectivity index (χ3n) is 2.94. The van der Waals surface area contributed by atoms with Crippen molar-refractivity contribution < 1.29 is 28.4 Å². The molecule has 0 unspecified atom stereocenters. The van der Waals surface area contributed by atoms with Gasteiger partial charge < -0.3 is 14.8 Å². The van der Waals surface area contributed by atoms with Crippen molar-refractivity contribution in [2.24, 2.45) is 0 Å². The number of nitro benzene ring substituents is 1. The zero-order valence-electron chi connectivity index (χ0n) is 13.1. The number of hydrogen-bond acceptors (Lipinski definition) is 6. The topological polar surface area (TPSA) is 108 Å². The molecule has 0 aliphatic rings. The van der Waals surface area contributed by atoms with Gasteiger partial charge in [0.2, 0.25) is 5.82 Å². The van der Waals surface area contributed by atoms with Crippen LogP contribution >= 0.6 is 11.6 Å². The van der Waals surface area contributed by atoms with Gasteiger partial charge in [-0.2, -0.15) is 4.39 Å². The van der Waals surface area contributed by atoms with E-state index in [0.717, 1.165) is 18.2 Å². The van der Waals surface area contributed by atoms with Crippen LogP contribution in [0, 0.1) is 15.9 Å². The largest absolute Gasteiger partial charge is 0.482 e. The van der Waals surface area contributed by atoms with E-state index >= 15 is 0 Å². The monoisotopic (exact) mass is 382 g/mol. The number of ether oxygens (including phenoxy) is 2. The molecule has 136 valence electrons. The molecule has 0 spiro atoms. The van der Waals surface area contributed by atoms with Crippen LogP contribution in [0.25, 0.3) is 0 Å². The zero-order valence-corrected chi connectivity index (χ0v) is 13.9. The molecule has 26 heavy (non-hydrogen) atoms. The van der Waals surface area contributed by atoms with Gasteiger partial charge in [-0.3, -0.25) is 14.9 Å². The van der Waals surface area contributed by atoms with E-state index in [1.165, 1.54) is 6.07 Å². The number of carbonyl (C=O) groups is 2. The van der Waals surface area contributed by atoms with Gasteiger partial charge in [-0.05, 0) is 30.3 Å². The maximum Gasteiger partial charge on any atom is 0.344 e. The number of rotatable bonds is 7. The van der Waals surface area contributed by atoms with Crippen molar-refractivity contribution in [3.05, 3.63) is 63.4 Å². The van der Waals surface area contributed by atoms with Crippen LogP contribution < -0.4 is 10.1 Å². The lowest BCUT2D eigenvalue weighted by Gasteiger charge is -2.08. The molecule has 8 nitrogen and oxygen atoms in total. The lowest BCUT2D eigenvalue weighted by Crippen LogP contribution is -2.23. The van der Waals surface area contributed by atoms with E-state index in [1.54, 1.807) is 18.2 Å². The molecule has 0 saturated carbocycles. The molecule has 0 fully saturated rings. The van der Waals surface area contributed by atoms with Crippen molar-refractivity contribution in [2.45, 2.75) is 0 Å². The van der Waals surface area contributed by atoms with Crippen LogP contribution in [-0.4, -0.2) is 30.0 Å². The number of benzene rings is 2. The van der Waals surface area contributed by atoms with Crippen molar-refractivity contribution >= 4 is 34.9 Å². The maximum atomic E-state index is 13.2. The molecular weight excluding hydrogens is 371 g/mol. The number of anilines is 1.